The van der Waals surface area contributed by atoms with Crippen molar-refractivity contribution in [3.05, 3.63) is 120 Å². The minimum atomic E-state index is 0.705. The average Bonchev–Trinajstić information content (AvgIpc) is 2.80. The summed E-state index contributed by atoms with van der Waals surface area (Å²) in [6.45, 7) is 1.53. The molecule has 0 saturated heterocycles. The van der Waals surface area contributed by atoms with E-state index in [0.29, 0.717) is 5.56 Å². The van der Waals surface area contributed by atoms with Crippen molar-refractivity contribution in [1.29, 1.82) is 0 Å². The van der Waals surface area contributed by atoms with Gasteiger partial charge in [0.05, 0.1) is 0 Å². The Bertz CT molecular complexity index is 1010. The van der Waals surface area contributed by atoms with Crippen LogP contribution in [0.4, 0.5) is 0 Å². The number of benzene rings is 4. The normalized spacial score (nSPS) is 10.6. The van der Waals surface area contributed by atoms with Crippen LogP contribution >= 0.6 is 0 Å². The van der Waals surface area contributed by atoms with E-state index >= 15 is 0 Å². The molecule has 0 aliphatic carbocycles. The maximum Gasteiger partial charge on any atom is 0.150 e. The van der Waals surface area contributed by atoms with Crippen LogP contribution in [0.1, 0.15) is 21.5 Å². The largest absolute Gasteiger partial charge is 0.309 e. The first-order chi connectivity index (χ1) is 14.3. The Morgan fingerprint density at radius 3 is 1.59 bits per heavy atom. The molecule has 4 rings (SSSR count). The molecule has 0 radical (unpaired) electrons. The smallest absolute Gasteiger partial charge is 0.150 e. The van der Waals surface area contributed by atoms with Crippen LogP contribution in [0.2, 0.25) is 0 Å². The summed E-state index contributed by atoms with van der Waals surface area (Å²) in [5, 5.41) is 3.52. The third-order valence-corrected chi connectivity index (χ3v) is 4.98. The molecule has 0 atom stereocenters. The molecule has 2 nitrogen and oxygen atoms in total. The molecule has 0 aliphatic heterocycles. The third kappa shape index (κ3) is 4.87. The van der Waals surface area contributed by atoms with E-state index in [-0.39, 0.29) is 0 Å². The van der Waals surface area contributed by atoms with Crippen molar-refractivity contribution < 1.29 is 4.79 Å². The van der Waals surface area contributed by atoms with Crippen molar-refractivity contribution in [2.24, 2.45) is 0 Å². The first kappa shape index (κ1) is 18.9. The zero-order valence-corrected chi connectivity index (χ0v) is 16.2. The number of nitrogens with one attached hydrogen (secondary N) is 1. The fourth-order valence-electron chi connectivity index (χ4n) is 3.45. The van der Waals surface area contributed by atoms with E-state index in [1.54, 1.807) is 0 Å². The van der Waals surface area contributed by atoms with Gasteiger partial charge in [-0.05, 0) is 51.6 Å². The van der Waals surface area contributed by atoms with Crippen LogP contribution in [-0.4, -0.2) is 6.29 Å². The molecule has 29 heavy (non-hydrogen) atoms. The van der Waals surface area contributed by atoms with Crippen LogP contribution in [0, 0.1) is 0 Å². The Hall–Kier alpha value is -3.49. The highest BCUT2D eigenvalue weighted by Crippen LogP contribution is 2.28. The molecule has 1 N–H and O–H groups in total. The highest BCUT2D eigenvalue weighted by molar-refractivity contribution is 5.75. The second-order valence-electron chi connectivity index (χ2n) is 7.11. The lowest BCUT2D eigenvalue weighted by atomic mass is 9.96. The number of rotatable bonds is 7. The second-order valence-corrected chi connectivity index (χ2v) is 7.11. The van der Waals surface area contributed by atoms with Crippen molar-refractivity contribution in [3.8, 4) is 22.3 Å². The zero-order chi connectivity index (χ0) is 19.9. The molecular weight excluding hydrogens is 354 g/mol. The lowest BCUT2D eigenvalue weighted by molar-refractivity contribution is 0.112. The van der Waals surface area contributed by atoms with Gasteiger partial charge >= 0.3 is 0 Å². The predicted octanol–water partition coefficient (Wildman–Crippen LogP) is 6.12. The number of hydrogen-bond donors (Lipinski definition) is 1. The summed E-state index contributed by atoms with van der Waals surface area (Å²) in [5.41, 5.74) is 8.00. The maximum absolute atomic E-state index is 10.8. The van der Waals surface area contributed by atoms with Gasteiger partial charge in [0.15, 0.2) is 0 Å². The topological polar surface area (TPSA) is 29.1 Å². The molecule has 2 heteroatoms. The highest BCUT2D eigenvalue weighted by atomic mass is 16.1. The summed E-state index contributed by atoms with van der Waals surface area (Å²) < 4.78 is 0. The molecule has 142 valence electrons. The molecule has 0 fully saturated rings. The Labute approximate surface area is 171 Å². The van der Waals surface area contributed by atoms with Crippen LogP contribution in [0.25, 0.3) is 22.3 Å². The number of carbonyl (C=O) groups excluding carboxylic acids is 1. The average molecular weight is 377 g/mol. The van der Waals surface area contributed by atoms with Crippen molar-refractivity contribution >= 4 is 6.29 Å². The van der Waals surface area contributed by atoms with Crippen LogP contribution in [0.5, 0.6) is 0 Å². The van der Waals surface area contributed by atoms with Crippen LogP contribution < -0.4 is 5.32 Å². The first-order valence-electron chi connectivity index (χ1n) is 9.81. The fourth-order valence-corrected chi connectivity index (χ4v) is 3.45. The quantitative estimate of drug-likeness (QED) is 0.393. The van der Waals surface area contributed by atoms with Crippen molar-refractivity contribution in [1.82, 2.24) is 5.32 Å². The Balaban J connectivity index is 1.57. The van der Waals surface area contributed by atoms with Gasteiger partial charge in [-0.3, -0.25) is 4.79 Å². The summed E-state index contributed by atoms with van der Waals surface area (Å²) in [4.78, 5) is 10.8. The molecule has 0 spiro atoms. The highest BCUT2D eigenvalue weighted by Gasteiger charge is 2.06. The van der Waals surface area contributed by atoms with Crippen LogP contribution in [0.3, 0.4) is 0 Å². The van der Waals surface area contributed by atoms with Gasteiger partial charge in [-0.15, -0.1) is 0 Å². The van der Waals surface area contributed by atoms with Gasteiger partial charge in [0.2, 0.25) is 0 Å². The number of aldehydes is 1. The minimum Gasteiger partial charge on any atom is -0.309 e. The summed E-state index contributed by atoms with van der Waals surface area (Å²) in [6.07, 6.45) is 0.872. The van der Waals surface area contributed by atoms with Gasteiger partial charge in [-0.1, -0.05) is 84.9 Å². The molecule has 0 unspecified atom stereocenters. The fraction of sp³-hybridized carbons (Fsp3) is 0.0741. The van der Waals surface area contributed by atoms with Crippen molar-refractivity contribution in [2.75, 3.05) is 0 Å². The molecule has 4 aromatic rings. The lowest BCUT2D eigenvalue weighted by Crippen LogP contribution is -2.12. The summed E-state index contributed by atoms with van der Waals surface area (Å²) in [5.74, 6) is 0. The summed E-state index contributed by atoms with van der Waals surface area (Å²) in [6, 6.07) is 35.4. The van der Waals surface area contributed by atoms with E-state index in [9.17, 15) is 4.79 Å². The number of carbonyl (C=O) groups is 1. The summed E-state index contributed by atoms with van der Waals surface area (Å²) >= 11 is 0. The molecule has 0 heterocycles. The molecule has 0 amide bonds. The standard InChI is InChI=1S/C27H23NO/c29-20-22-13-11-21(12-14-22)18-28-19-23-15-26(24-7-3-1-4-8-24)17-27(16-23)25-9-5-2-6-10-25/h1-17,20,28H,18-19H2. The van der Waals surface area contributed by atoms with Gasteiger partial charge in [-0.2, -0.15) is 0 Å². The third-order valence-electron chi connectivity index (χ3n) is 4.98. The van der Waals surface area contributed by atoms with Crippen LogP contribution in [-0.2, 0) is 13.1 Å². The lowest BCUT2D eigenvalue weighted by Gasteiger charge is -2.12. The van der Waals surface area contributed by atoms with Gasteiger partial charge in [0, 0.05) is 18.7 Å². The van der Waals surface area contributed by atoms with Gasteiger partial charge in [0.1, 0.15) is 6.29 Å². The Kier molecular flexibility index (Phi) is 5.94. The van der Waals surface area contributed by atoms with Gasteiger partial charge in [0.25, 0.3) is 0 Å². The molecule has 0 aliphatic rings. The first-order valence-corrected chi connectivity index (χ1v) is 9.81. The Morgan fingerprint density at radius 2 is 1.07 bits per heavy atom. The monoisotopic (exact) mass is 377 g/mol. The number of hydrogen-bond acceptors (Lipinski definition) is 2. The minimum absolute atomic E-state index is 0.705. The van der Waals surface area contributed by atoms with Gasteiger partial charge < -0.3 is 5.32 Å². The second kappa shape index (κ2) is 9.13. The molecule has 0 bridgehead atoms. The molecule has 0 aromatic heterocycles. The van der Waals surface area contributed by atoms with Gasteiger partial charge in [-0.25, -0.2) is 0 Å². The predicted molar refractivity (Wildman–Crippen MR) is 120 cm³/mol. The van der Waals surface area contributed by atoms with Crippen molar-refractivity contribution in [3.63, 3.8) is 0 Å². The van der Waals surface area contributed by atoms with E-state index in [4.69, 9.17) is 0 Å². The van der Waals surface area contributed by atoms with E-state index in [1.807, 2.05) is 36.4 Å². The zero-order valence-electron chi connectivity index (χ0n) is 16.2. The van der Waals surface area contributed by atoms with Crippen LogP contribution in [0.15, 0.2) is 103 Å². The van der Waals surface area contributed by atoms with E-state index < -0.39 is 0 Å². The molecule has 4 aromatic carbocycles. The summed E-state index contributed by atoms with van der Waals surface area (Å²) in [7, 11) is 0. The Morgan fingerprint density at radius 1 is 0.552 bits per heavy atom. The maximum atomic E-state index is 10.8. The van der Waals surface area contributed by atoms with E-state index in [1.165, 1.54) is 27.8 Å². The van der Waals surface area contributed by atoms with E-state index in [2.05, 4.69) is 72.0 Å². The molecular formula is C27H23NO. The SMILES string of the molecule is O=Cc1ccc(CNCc2cc(-c3ccccc3)cc(-c3ccccc3)c2)cc1. The van der Waals surface area contributed by atoms with Crippen molar-refractivity contribution in [2.45, 2.75) is 13.1 Å². The van der Waals surface area contributed by atoms with E-state index in [0.717, 1.165) is 24.9 Å². The molecule has 0 saturated carbocycles.